The summed E-state index contributed by atoms with van der Waals surface area (Å²) in [6.45, 7) is 8.46. The van der Waals surface area contributed by atoms with Crippen LogP contribution in [0.4, 0.5) is 0 Å². The van der Waals surface area contributed by atoms with Crippen LogP contribution in [-0.4, -0.2) is 56.9 Å². The van der Waals surface area contributed by atoms with E-state index < -0.39 is 0 Å². The van der Waals surface area contributed by atoms with Crippen molar-refractivity contribution in [2.24, 2.45) is 0 Å². The third kappa shape index (κ3) is 5.70. The number of esters is 1. The van der Waals surface area contributed by atoms with E-state index in [0.29, 0.717) is 25.5 Å². The highest BCUT2D eigenvalue weighted by molar-refractivity contribution is 5.82. The first-order chi connectivity index (χ1) is 8.26. The van der Waals surface area contributed by atoms with Crippen LogP contribution in [-0.2, 0) is 19.0 Å². The number of nitrogens with zero attached hydrogens (tertiary/aromatic N) is 1. The van der Waals surface area contributed by atoms with Crippen molar-refractivity contribution in [2.45, 2.75) is 13.8 Å². The van der Waals surface area contributed by atoms with E-state index in [2.05, 4.69) is 4.90 Å². The smallest absolute Gasteiger partial charge is 0.334 e. The fourth-order valence-electron chi connectivity index (χ4n) is 1.61. The molecule has 0 N–H and O–H groups in total. The van der Waals surface area contributed by atoms with Crippen LogP contribution in [0.5, 0.6) is 0 Å². The first-order valence-electron chi connectivity index (χ1n) is 6.06. The van der Waals surface area contributed by atoms with Crippen LogP contribution in [0.3, 0.4) is 0 Å². The molecular formula is C12H21NO4. The van der Waals surface area contributed by atoms with Crippen molar-refractivity contribution < 1.29 is 19.0 Å². The van der Waals surface area contributed by atoms with Gasteiger partial charge in [-0.25, -0.2) is 4.79 Å². The summed E-state index contributed by atoms with van der Waals surface area (Å²) in [6, 6.07) is 0. The average molecular weight is 243 g/mol. The second kappa shape index (κ2) is 8.08. The van der Waals surface area contributed by atoms with Gasteiger partial charge in [-0.15, -0.1) is 0 Å². The van der Waals surface area contributed by atoms with Gasteiger partial charge in [0.05, 0.1) is 39.0 Å². The Morgan fingerprint density at radius 3 is 2.47 bits per heavy atom. The second-order valence-electron chi connectivity index (χ2n) is 3.68. The van der Waals surface area contributed by atoms with Crippen LogP contribution in [0.25, 0.3) is 0 Å². The molecule has 17 heavy (non-hydrogen) atoms. The largest absolute Gasteiger partial charge is 0.497 e. The van der Waals surface area contributed by atoms with Crippen LogP contribution >= 0.6 is 0 Å². The minimum absolute atomic E-state index is 0.343. The van der Waals surface area contributed by atoms with E-state index in [1.807, 2.05) is 6.92 Å². The molecule has 0 bridgehead atoms. The predicted octanol–water partition coefficient (Wildman–Crippen LogP) is 0.802. The van der Waals surface area contributed by atoms with Gasteiger partial charge in [0, 0.05) is 13.1 Å². The van der Waals surface area contributed by atoms with E-state index in [1.54, 1.807) is 6.92 Å². The molecule has 0 spiro atoms. The summed E-state index contributed by atoms with van der Waals surface area (Å²) in [4.78, 5) is 13.5. The van der Waals surface area contributed by atoms with Crippen molar-refractivity contribution in [1.82, 2.24) is 4.90 Å². The number of carbonyl (C=O) groups excluding carboxylic acids is 1. The quantitative estimate of drug-likeness (QED) is 0.392. The Morgan fingerprint density at radius 2 is 1.88 bits per heavy atom. The number of morpholine rings is 1. The lowest BCUT2D eigenvalue weighted by Gasteiger charge is -2.27. The molecule has 0 radical (unpaired) electrons. The molecule has 0 saturated carbocycles. The molecule has 0 aromatic heterocycles. The van der Waals surface area contributed by atoms with Gasteiger partial charge in [-0.05, 0) is 13.8 Å². The minimum Gasteiger partial charge on any atom is -0.497 e. The molecule has 0 atom stereocenters. The van der Waals surface area contributed by atoms with E-state index in [1.165, 1.54) is 6.08 Å². The summed E-state index contributed by atoms with van der Waals surface area (Å²) < 4.78 is 15.6. The Balaban J connectivity index is 2.48. The van der Waals surface area contributed by atoms with Crippen molar-refractivity contribution in [3.8, 4) is 0 Å². The third-order valence-electron chi connectivity index (χ3n) is 2.38. The van der Waals surface area contributed by atoms with E-state index in [-0.39, 0.29) is 5.97 Å². The summed E-state index contributed by atoms with van der Waals surface area (Å²) in [6.07, 6.45) is 1.43. The number of hydrogen-bond acceptors (Lipinski definition) is 5. The van der Waals surface area contributed by atoms with E-state index in [0.717, 1.165) is 26.3 Å². The normalized spacial score (nSPS) is 17.9. The summed E-state index contributed by atoms with van der Waals surface area (Å²) in [7, 11) is 0. The fraction of sp³-hybridized carbons (Fsp3) is 0.750. The monoisotopic (exact) mass is 243 g/mol. The Kier molecular flexibility index (Phi) is 6.65. The lowest BCUT2D eigenvalue weighted by molar-refractivity contribution is -0.137. The first-order valence-corrected chi connectivity index (χ1v) is 6.06. The molecule has 1 rings (SSSR count). The Bertz CT molecular complexity index is 259. The van der Waals surface area contributed by atoms with Gasteiger partial charge in [0.15, 0.2) is 0 Å². The van der Waals surface area contributed by atoms with Crippen LogP contribution < -0.4 is 0 Å². The highest BCUT2D eigenvalue weighted by Crippen LogP contribution is 2.05. The van der Waals surface area contributed by atoms with E-state index >= 15 is 0 Å². The molecule has 1 fully saturated rings. The molecule has 98 valence electrons. The molecule has 0 aromatic carbocycles. The molecule has 5 heteroatoms. The van der Waals surface area contributed by atoms with Gasteiger partial charge >= 0.3 is 5.97 Å². The lowest BCUT2D eigenvalue weighted by Crippen LogP contribution is -2.37. The third-order valence-corrected chi connectivity index (χ3v) is 2.38. The number of hydrogen-bond donors (Lipinski definition) is 0. The zero-order valence-electron chi connectivity index (χ0n) is 10.6. The van der Waals surface area contributed by atoms with Crippen molar-refractivity contribution in [2.75, 3.05) is 46.1 Å². The second-order valence-corrected chi connectivity index (χ2v) is 3.68. The summed E-state index contributed by atoms with van der Waals surface area (Å²) in [5.74, 6) is 0.317. The van der Waals surface area contributed by atoms with Crippen molar-refractivity contribution in [3.63, 3.8) is 0 Å². The molecule has 1 aliphatic heterocycles. The zero-order valence-corrected chi connectivity index (χ0v) is 10.6. The first kappa shape index (κ1) is 14.0. The van der Waals surface area contributed by atoms with E-state index in [9.17, 15) is 4.79 Å². The molecule has 1 heterocycles. The molecule has 1 saturated heterocycles. The lowest BCUT2D eigenvalue weighted by atomic mass is 10.3. The maximum atomic E-state index is 11.3. The summed E-state index contributed by atoms with van der Waals surface area (Å²) in [5.41, 5.74) is 0. The van der Waals surface area contributed by atoms with Crippen molar-refractivity contribution in [1.29, 1.82) is 0 Å². The molecule has 1 aliphatic rings. The maximum absolute atomic E-state index is 11.3. The fourth-order valence-corrected chi connectivity index (χ4v) is 1.61. The van der Waals surface area contributed by atoms with Gasteiger partial charge in [0.25, 0.3) is 0 Å². The molecule has 0 aliphatic carbocycles. The molecule has 0 unspecified atom stereocenters. The number of rotatable bonds is 6. The van der Waals surface area contributed by atoms with Gasteiger partial charge < -0.3 is 14.2 Å². The number of carbonyl (C=O) groups is 1. The predicted molar refractivity (Wildman–Crippen MR) is 63.6 cm³/mol. The topological polar surface area (TPSA) is 48.0 Å². The van der Waals surface area contributed by atoms with Gasteiger partial charge in [-0.3, -0.25) is 4.90 Å². The van der Waals surface area contributed by atoms with Gasteiger partial charge in [-0.2, -0.15) is 0 Å². The minimum atomic E-state index is -0.343. The van der Waals surface area contributed by atoms with Crippen LogP contribution in [0.1, 0.15) is 13.8 Å². The Hall–Kier alpha value is -1.07. The molecule has 5 nitrogen and oxygen atoms in total. The van der Waals surface area contributed by atoms with E-state index in [4.69, 9.17) is 14.2 Å². The van der Waals surface area contributed by atoms with Crippen LogP contribution in [0.15, 0.2) is 11.8 Å². The highest BCUT2D eigenvalue weighted by atomic mass is 16.5. The van der Waals surface area contributed by atoms with Crippen LogP contribution in [0, 0.1) is 0 Å². The number of ether oxygens (including phenoxy) is 3. The van der Waals surface area contributed by atoms with Gasteiger partial charge in [-0.1, -0.05) is 0 Å². The van der Waals surface area contributed by atoms with Gasteiger partial charge in [0.2, 0.25) is 0 Å². The van der Waals surface area contributed by atoms with Crippen LogP contribution in [0.2, 0.25) is 0 Å². The Morgan fingerprint density at radius 1 is 1.24 bits per heavy atom. The maximum Gasteiger partial charge on any atom is 0.334 e. The average Bonchev–Trinajstić information content (AvgIpc) is 2.31. The zero-order chi connectivity index (χ0) is 12.5. The SMILES string of the molecule is CCOC(=O)/C=C(\CN1CCOCC1)OCC. The Labute approximate surface area is 102 Å². The van der Waals surface area contributed by atoms with Crippen molar-refractivity contribution >= 4 is 5.97 Å². The summed E-state index contributed by atoms with van der Waals surface area (Å²) in [5, 5.41) is 0. The highest BCUT2D eigenvalue weighted by Gasteiger charge is 2.13. The molecule has 0 amide bonds. The van der Waals surface area contributed by atoms with Crippen molar-refractivity contribution in [3.05, 3.63) is 11.8 Å². The molecule has 0 aromatic rings. The molecular weight excluding hydrogens is 222 g/mol. The van der Waals surface area contributed by atoms with Gasteiger partial charge in [0.1, 0.15) is 5.76 Å². The summed E-state index contributed by atoms with van der Waals surface area (Å²) >= 11 is 0. The standard InChI is InChI=1S/C12H21NO4/c1-3-16-11(9-12(14)17-4-2)10-13-5-7-15-8-6-13/h9H,3-8,10H2,1-2H3/b11-9+.